The number of sulfone groups is 1. The monoisotopic (exact) mass is 346 g/mol. The fraction of sp³-hybridized carbons (Fsp3) is 0.714. The molecule has 1 heterocycles. The van der Waals surface area contributed by atoms with Crippen LogP contribution in [0.4, 0.5) is 0 Å². The SMILES string of the molecule is CCc1cnc(CCNC(=NC)NC(C)CCS(C)(=O)=O)s1. The van der Waals surface area contributed by atoms with Crippen LogP contribution in [-0.2, 0) is 22.7 Å². The average molecular weight is 347 g/mol. The minimum atomic E-state index is -2.92. The molecule has 1 unspecified atom stereocenters. The first-order valence-electron chi connectivity index (χ1n) is 7.42. The minimum Gasteiger partial charge on any atom is -0.356 e. The average Bonchev–Trinajstić information content (AvgIpc) is 2.91. The Bertz CT molecular complexity index is 581. The van der Waals surface area contributed by atoms with Crippen molar-refractivity contribution in [3.63, 3.8) is 0 Å². The molecule has 6 nitrogen and oxygen atoms in total. The molecule has 0 aliphatic carbocycles. The van der Waals surface area contributed by atoms with E-state index in [1.807, 2.05) is 13.1 Å². The van der Waals surface area contributed by atoms with E-state index in [-0.39, 0.29) is 11.8 Å². The van der Waals surface area contributed by atoms with Crippen molar-refractivity contribution in [3.05, 3.63) is 16.1 Å². The summed E-state index contributed by atoms with van der Waals surface area (Å²) in [6.07, 6.45) is 5.62. The van der Waals surface area contributed by atoms with Crippen LogP contribution in [0.15, 0.2) is 11.2 Å². The van der Waals surface area contributed by atoms with E-state index in [0.717, 1.165) is 24.4 Å². The molecular formula is C14H26N4O2S2. The van der Waals surface area contributed by atoms with Crippen molar-refractivity contribution in [1.29, 1.82) is 0 Å². The molecule has 2 N–H and O–H groups in total. The minimum absolute atomic E-state index is 0.0486. The van der Waals surface area contributed by atoms with E-state index in [0.29, 0.717) is 12.4 Å². The molecule has 22 heavy (non-hydrogen) atoms. The van der Waals surface area contributed by atoms with Crippen molar-refractivity contribution in [2.24, 2.45) is 4.99 Å². The molecule has 0 bridgehead atoms. The summed E-state index contributed by atoms with van der Waals surface area (Å²) in [7, 11) is -1.22. The van der Waals surface area contributed by atoms with Crippen molar-refractivity contribution >= 4 is 27.1 Å². The normalized spacial score (nSPS) is 13.9. The van der Waals surface area contributed by atoms with Crippen LogP contribution in [0.25, 0.3) is 0 Å². The summed E-state index contributed by atoms with van der Waals surface area (Å²) in [5.41, 5.74) is 0. The van der Waals surface area contributed by atoms with Crippen LogP contribution in [-0.4, -0.2) is 51.0 Å². The second-order valence-electron chi connectivity index (χ2n) is 5.29. The van der Waals surface area contributed by atoms with Gasteiger partial charge in [-0.1, -0.05) is 6.92 Å². The van der Waals surface area contributed by atoms with Crippen LogP contribution < -0.4 is 10.6 Å². The standard InChI is InChI=1S/C14H26N4O2S2/c1-5-12-10-17-13(21-12)6-8-16-14(15-3)18-11(2)7-9-22(4,19)20/h10-11H,5-9H2,1-4H3,(H2,15,16,18). The number of nitrogens with one attached hydrogen (secondary N) is 2. The second-order valence-corrected chi connectivity index (χ2v) is 8.75. The van der Waals surface area contributed by atoms with Crippen molar-refractivity contribution in [3.8, 4) is 0 Å². The van der Waals surface area contributed by atoms with E-state index in [2.05, 4.69) is 27.5 Å². The van der Waals surface area contributed by atoms with E-state index in [4.69, 9.17) is 0 Å². The van der Waals surface area contributed by atoms with E-state index < -0.39 is 9.84 Å². The highest BCUT2D eigenvalue weighted by atomic mass is 32.2. The van der Waals surface area contributed by atoms with E-state index >= 15 is 0 Å². The van der Waals surface area contributed by atoms with Gasteiger partial charge in [-0.3, -0.25) is 4.99 Å². The van der Waals surface area contributed by atoms with Gasteiger partial charge in [0.15, 0.2) is 5.96 Å². The Labute approximate surface area is 137 Å². The van der Waals surface area contributed by atoms with Crippen LogP contribution in [0.5, 0.6) is 0 Å². The zero-order valence-electron chi connectivity index (χ0n) is 13.7. The molecule has 1 atom stereocenters. The summed E-state index contributed by atoms with van der Waals surface area (Å²) in [5.74, 6) is 0.866. The van der Waals surface area contributed by atoms with Gasteiger partial charge < -0.3 is 10.6 Å². The van der Waals surface area contributed by atoms with E-state index in [1.54, 1.807) is 18.4 Å². The number of guanidine groups is 1. The van der Waals surface area contributed by atoms with Gasteiger partial charge in [0, 0.05) is 43.4 Å². The lowest BCUT2D eigenvalue weighted by molar-refractivity contribution is 0.581. The largest absolute Gasteiger partial charge is 0.356 e. The Balaban J connectivity index is 2.33. The van der Waals surface area contributed by atoms with Crippen LogP contribution in [0.1, 0.15) is 30.2 Å². The number of hydrogen-bond donors (Lipinski definition) is 2. The maximum absolute atomic E-state index is 11.2. The number of aromatic nitrogens is 1. The number of hydrogen-bond acceptors (Lipinski definition) is 5. The number of aryl methyl sites for hydroxylation is 1. The first-order chi connectivity index (χ1) is 10.3. The van der Waals surface area contributed by atoms with Gasteiger partial charge in [-0.2, -0.15) is 0 Å². The molecule has 0 amide bonds. The maximum Gasteiger partial charge on any atom is 0.191 e. The van der Waals surface area contributed by atoms with E-state index in [9.17, 15) is 8.42 Å². The van der Waals surface area contributed by atoms with Crippen molar-refractivity contribution < 1.29 is 8.42 Å². The molecule has 126 valence electrons. The molecule has 1 rings (SSSR count). The molecule has 0 aliphatic heterocycles. The van der Waals surface area contributed by atoms with Gasteiger partial charge in [-0.25, -0.2) is 13.4 Å². The molecule has 8 heteroatoms. The third-order valence-electron chi connectivity index (χ3n) is 3.11. The van der Waals surface area contributed by atoms with Gasteiger partial charge in [0.05, 0.1) is 10.8 Å². The van der Waals surface area contributed by atoms with Gasteiger partial charge in [0.25, 0.3) is 0 Å². The Morgan fingerprint density at radius 2 is 2.23 bits per heavy atom. The summed E-state index contributed by atoms with van der Waals surface area (Å²) in [5, 5.41) is 7.54. The van der Waals surface area contributed by atoms with Crippen LogP contribution in [0.2, 0.25) is 0 Å². The van der Waals surface area contributed by atoms with Crippen molar-refractivity contribution in [2.45, 2.75) is 39.2 Å². The number of rotatable bonds is 8. The lowest BCUT2D eigenvalue weighted by atomic mass is 10.3. The molecule has 0 spiro atoms. The quantitative estimate of drug-likeness (QED) is 0.546. The Morgan fingerprint density at radius 3 is 2.77 bits per heavy atom. The Hall–Kier alpha value is -1.15. The number of thiazole rings is 1. The maximum atomic E-state index is 11.2. The summed E-state index contributed by atoms with van der Waals surface area (Å²) >= 11 is 1.74. The second kappa shape index (κ2) is 9.09. The smallest absolute Gasteiger partial charge is 0.191 e. The highest BCUT2D eigenvalue weighted by Gasteiger charge is 2.09. The summed E-state index contributed by atoms with van der Waals surface area (Å²) in [6.45, 7) is 4.82. The molecule has 0 radical (unpaired) electrons. The Morgan fingerprint density at radius 1 is 1.50 bits per heavy atom. The summed E-state index contributed by atoms with van der Waals surface area (Å²) in [4.78, 5) is 9.83. The predicted molar refractivity (Wildman–Crippen MR) is 93.5 cm³/mol. The fourth-order valence-electron chi connectivity index (χ4n) is 1.81. The first-order valence-corrected chi connectivity index (χ1v) is 10.3. The first kappa shape index (κ1) is 18.9. The topological polar surface area (TPSA) is 83.4 Å². The molecule has 0 fully saturated rings. The molecular weight excluding hydrogens is 320 g/mol. The molecule has 0 aliphatic rings. The Kier molecular flexibility index (Phi) is 7.81. The molecule has 0 saturated carbocycles. The highest BCUT2D eigenvalue weighted by Crippen LogP contribution is 2.13. The van der Waals surface area contributed by atoms with Crippen molar-refractivity contribution in [1.82, 2.24) is 15.6 Å². The van der Waals surface area contributed by atoms with Gasteiger partial charge in [-0.15, -0.1) is 11.3 Å². The zero-order chi connectivity index (χ0) is 16.6. The molecule has 0 saturated heterocycles. The number of aliphatic imine (C=N–C) groups is 1. The highest BCUT2D eigenvalue weighted by molar-refractivity contribution is 7.90. The van der Waals surface area contributed by atoms with Crippen molar-refractivity contribution in [2.75, 3.05) is 25.6 Å². The fourth-order valence-corrected chi connectivity index (χ4v) is 3.45. The predicted octanol–water partition coefficient (Wildman–Crippen LogP) is 1.24. The van der Waals surface area contributed by atoms with Gasteiger partial charge in [-0.05, 0) is 19.8 Å². The third kappa shape index (κ3) is 7.74. The van der Waals surface area contributed by atoms with Gasteiger partial charge in [0.2, 0.25) is 0 Å². The zero-order valence-corrected chi connectivity index (χ0v) is 15.4. The summed E-state index contributed by atoms with van der Waals surface area (Å²) < 4.78 is 22.3. The van der Waals surface area contributed by atoms with Crippen LogP contribution in [0.3, 0.4) is 0 Å². The lowest BCUT2D eigenvalue weighted by Crippen LogP contribution is -2.43. The van der Waals surface area contributed by atoms with Gasteiger partial charge >= 0.3 is 0 Å². The molecule has 0 aromatic carbocycles. The van der Waals surface area contributed by atoms with Crippen LogP contribution in [0, 0.1) is 0 Å². The van der Waals surface area contributed by atoms with Gasteiger partial charge in [0.1, 0.15) is 9.84 Å². The lowest BCUT2D eigenvalue weighted by Gasteiger charge is -2.17. The van der Waals surface area contributed by atoms with Crippen LogP contribution >= 0.6 is 11.3 Å². The molecule has 1 aromatic heterocycles. The van der Waals surface area contributed by atoms with E-state index in [1.165, 1.54) is 11.1 Å². The third-order valence-corrected chi connectivity index (χ3v) is 5.29. The summed E-state index contributed by atoms with van der Waals surface area (Å²) in [6, 6.07) is 0.0486. The number of nitrogens with zero attached hydrogens (tertiary/aromatic N) is 2. The molecule has 1 aromatic rings.